The van der Waals surface area contributed by atoms with Crippen molar-refractivity contribution in [3.63, 3.8) is 0 Å². The Morgan fingerprint density at radius 1 is 0.833 bits per heavy atom. The number of piperazine rings is 1. The number of primary amides is 1. The number of ether oxygens (including phenoxy) is 2. The summed E-state index contributed by atoms with van der Waals surface area (Å²) in [6.45, 7) is 2.25. The number of halogens is 4. The van der Waals surface area contributed by atoms with Gasteiger partial charge in [0.1, 0.15) is 5.82 Å². The molecule has 10 nitrogen and oxygen atoms in total. The highest BCUT2D eigenvalue weighted by atomic mass is 19.4. The van der Waals surface area contributed by atoms with Gasteiger partial charge in [0, 0.05) is 84.7 Å². The van der Waals surface area contributed by atoms with Crippen molar-refractivity contribution in [3.8, 4) is 28.5 Å². The van der Waals surface area contributed by atoms with E-state index in [4.69, 9.17) is 15.2 Å². The maximum absolute atomic E-state index is 13.6. The zero-order chi connectivity index (χ0) is 38.6. The van der Waals surface area contributed by atoms with E-state index in [0.29, 0.717) is 43.0 Å². The van der Waals surface area contributed by atoms with Crippen molar-refractivity contribution in [2.45, 2.75) is 6.18 Å². The maximum atomic E-state index is 13.6. The highest BCUT2D eigenvalue weighted by Gasteiger charge is 2.32. The Hall–Kier alpha value is -6.44. The zero-order valence-electron chi connectivity index (χ0n) is 29.3. The summed E-state index contributed by atoms with van der Waals surface area (Å²) >= 11 is 0. The number of ketones is 1. The quantitative estimate of drug-likeness (QED) is 0.116. The van der Waals surface area contributed by atoms with Gasteiger partial charge in [-0.2, -0.15) is 13.2 Å². The third-order valence-electron chi connectivity index (χ3n) is 9.07. The lowest BCUT2D eigenvalue weighted by Crippen LogP contribution is -2.51. The summed E-state index contributed by atoms with van der Waals surface area (Å²) in [6, 6.07) is 23.2. The van der Waals surface area contributed by atoms with Crippen LogP contribution in [0.3, 0.4) is 0 Å². The van der Waals surface area contributed by atoms with Gasteiger partial charge < -0.3 is 29.9 Å². The van der Waals surface area contributed by atoms with Crippen molar-refractivity contribution >= 4 is 29.0 Å². The minimum atomic E-state index is -4.67. The van der Waals surface area contributed by atoms with Crippen LogP contribution in [-0.2, 0) is 11.0 Å². The van der Waals surface area contributed by atoms with Crippen molar-refractivity contribution < 1.29 is 41.4 Å². The van der Waals surface area contributed by atoms with Crippen molar-refractivity contribution in [1.82, 2.24) is 9.88 Å². The molecule has 0 radical (unpaired) electrons. The Kier molecular flexibility index (Phi) is 10.8. The Bertz CT molecular complexity index is 2170. The van der Waals surface area contributed by atoms with E-state index >= 15 is 0 Å². The van der Waals surface area contributed by atoms with Gasteiger partial charge in [0.25, 0.3) is 0 Å². The molecule has 1 aliphatic rings. The molecule has 2 amide bonds. The molecule has 6 rings (SSSR count). The third-order valence-corrected chi connectivity index (χ3v) is 9.07. The molecule has 0 saturated carbocycles. The largest absolute Gasteiger partial charge is 0.493 e. The van der Waals surface area contributed by atoms with Crippen LogP contribution in [0.15, 0.2) is 103 Å². The summed E-state index contributed by atoms with van der Waals surface area (Å²) in [5, 5.41) is 0. The number of pyridine rings is 1. The highest BCUT2D eigenvalue weighted by Crippen LogP contribution is 2.40. The monoisotopic (exact) mass is 741 g/mol. The normalized spacial score (nSPS) is 13.0. The van der Waals surface area contributed by atoms with Gasteiger partial charge in [-0.25, -0.2) is 9.37 Å². The average molecular weight is 742 g/mol. The Morgan fingerprint density at radius 2 is 1.50 bits per heavy atom. The molecule has 2 heterocycles. The summed E-state index contributed by atoms with van der Waals surface area (Å²) in [5.41, 5.74) is 6.86. The van der Waals surface area contributed by atoms with Crippen LogP contribution in [0.2, 0.25) is 0 Å². The molecule has 0 bridgehead atoms. The molecule has 1 aliphatic heterocycles. The number of hydrogen-bond acceptors (Lipinski definition) is 8. The van der Waals surface area contributed by atoms with Crippen LogP contribution in [0.1, 0.15) is 31.8 Å². The second kappa shape index (κ2) is 15.7. The van der Waals surface area contributed by atoms with Crippen LogP contribution in [0.5, 0.6) is 17.4 Å². The molecule has 0 spiro atoms. The molecule has 14 heteroatoms. The fraction of sp³-hybridized carbons (Fsp3) is 0.200. The number of benzene rings is 4. The van der Waals surface area contributed by atoms with Crippen molar-refractivity contribution in [3.05, 3.63) is 131 Å². The minimum absolute atomic E-state index is 0.0688. The number of aromatic nitrogens is 1. The fourth-order valence-electron chi connectivity index (χ4n) is 6.12. The molecule has 4 aromatic carbocycles. The SMILES string of the molecule is COc1cc(N(C)CC(=O)N2CCN(c3ccc(C(=O)c4ccc(F)cc4)cc3)CC2)ccc1Oc1ncccc1-c1cc(C(F)(F)F)ccc1C(N)=O. The standard InChI is InChI=1S/C40H35F4N5O5/c1-47(24-36(50)49-20-18-48(19-21-49)29-12-7-26(8-13-29)37(51)25-5-10-28(41)11-6-25)30-14-16-34(35(23-30)53-2)54-39-32(4-3-17-46-39)33-22-27(40(42,43)44)9-15-31(33)38(45)52/h3-17,22-23H,18-21,24H2,1-2H3,(H2,45,52). The molecule has 0 unspecified atom stereocenters. The smallest absolute Gasteiger partial charge is 0.416 e. The molecule has 2 N–H and O–H groups in total. The van der Waals surface area contributed by atoms with Crippen LogP contribution in [0.4, 0.5) is 28.9 Å². The number of methoxy groups -OCH3 is 1. The van der Waals surface area contributed by atoms with Gasteiger partial charge in [0.2, 0.25) is 17.7 Å². The van der Waals surface area contributed by atoms with Gasteiger partial charge in [0.15, 0.2) is 17.3 Å². The zero-order valence-corrected chi connectivity index (χ0v) is 29.3. The Morgan fingerprint density at radius 3 is 2.13 bits per heavy atom. The molecular formula is C40H35F4N5O5. The van der Waals surface area contributed by atoms with Crippen LogP contribution in [0, 0.1) is 5.82 Å². The van der Waals surface area contributed by atoms with E-state index < -0.39 is 23.5 Å². The first-order valence-corrected chi connectivity index (χ1v) is 16.8. The number of nitrogens with zero attached hydrogens (tertiary/aromatic N) is 4. The second-order valence-corrected chi connectivity index (χ2v) is 12.5. The number of nitrogens with two attached hydrogens (primary N) is 1. The first kappa shape index (κ1) is 37.3. The third kappa shape index (κ3) is 8.27. The molecule has 278 valence electrons. The molecule has 5 aromatic rings. The van der Waals surface area contributed by atoms with E-state index in [2.05, 4.69) is 9.88 Å². The fourth-order valence-corrected chi connectivity index (χ4v) is 6.12. The van der Waals surface area contributed by atoms with Gasteiger partial charge in [-0.05, 0) is 91.0 Å². The lowest BCUT2D eigenvalue weighted by atomic mass is 9.97. The number of carbonyl (C=O) groups is 3. The summed E-state index contributed by atoms with van der Waals surface area (Å²) < 4.78 is 65.6. The van der Waals surface area contributed by atoms with Crippen molar-refractivity contribution in [1.29, 1.82) is 0 Å². The lowest BCUT2D eigenvalue weighted by molar-refractivity contribution is -0.137. The Labute approximate surface area is 308 Å². The summed E-state index contributed by atoms with van der Waals surface area (Å²) in [6.07, 6.45) is -3.27. The van der Waals surface area contributed by atoms with E-state index in [1.165, 1.54) is 49.7 Å². The van der Waals surface area contributed by atoms with Crippen LogP contribution in [-0.4, -0.2) is 74.4 Å². The molecule has 1 fully saturated rings. The van der Waals surface area contributed by atoms with E-state index in [-0.39, 0.29) is 52.3 Å². The number of rotatable bonds is 11. The predicted molar refractivity (Wildman–Crippen MR) is 195 cm³/mol. The number of alkyl halides is 3. The topological polar surface area (TPSA) is 118 Å². The Balaban J connectivity index is 1.09. The lowest BCUT2D eigenvalue weighted by Gasteiger charge is -2.37. The van der Waals surface area contributed by atoms with Gasteiger partial charge in [-0.3, -0.25) is 14.4 Å². The summed E-state index contributed by atoms with van der Waals surface area (Å²) in [5.74, 6) is -1.23. The molecule has 54 heavy (non-hydrogen) atoms. The number of anilines is 2. The van der Waals surface area contributed by atoms with Crippen LogP contribution < -0.4 is 25.0 Å². The maximum Gasteiger partial charge on any atom is 0.416 e. The van der Waals surface area contributed by atoms with Gasteiger partial charge in [0.05, 0.1) is 19.2 Å². The second-order valence-electron chi connectivity index (χ2n) is 12.5. The minimum Gasteiger partial charge on any atom is -0.493 e. The first-order chi connectivity index (χ1) is 25.8. The van der Waals surface area contributed by atoms with E-state index in [1.54, 1.807) is 47.2 Å². The number of likely N-dealkylation sites (N-methyl/N-ethyl adjacent to an activating group) is 1. The molecule has 1 aromatic heterocycles. The number of hydrogen-bond donors (Lipinski definition) is 1. The van der Waals surface area contributed by atoms with E-state index in [9.17, 15) is 31.9 Å². The van der Waals surface area contributed by atoms with Gasteiger partial charge in [-0.1, -0.05) is 0 Å². The number of carbonyl (C=O) groups excluding carboxylic acids is 3. The summed E-state index contributed by atoms with van der Waals surface area (Å²) in [7, 11) is 3.18. The van der Waals surface area contributed by atoms with Crippen molar-refractivity contribution in [2.24, 2.45) is 5.73 Å². The van der Waals surface area contributed by atoms with Crippen LogP contribution >= 0.6 is 0 Å². The number of amides is 2. The van der Waals surface area contributed by atoms with E-state index in [0.717, 1.165) is 23.9 Å². The first-order valence-electron chi connectivity index (χ1n) is 16.8. The predicted octanol–water partition coefficient (Wildman–Crippen LogP) is 6.82. The highest BCUT2D eigenvalue weighted by molar-refractivity contribution is 6.09. The van der Waals surface area contributed by atoms with Crippen molar-refractivity contribution in [2.75, 3.05) is 56.7 Å². The van der Waals surface area contributed by atoms with Crippen LogP contribution in [0.25, 0.3) is 11.1 Å². The molecular weight excluding hydrogens is 706 g/mol. The molecule has 1 saturated heterocycles. The van der Waals surface area contributed by atoms with Gasteiger partial charge >= 0.3 is 6.18 Å². The molecule has 0 atom stereocenters. The van der Waals surface area contributed by atoms with E-state index in [1.807, 2.05) is 12.1 Å². The molecule has 0 aliphatic carbocycles. The average Bonchev–Trinajstić information content (AvgIpc) is 3.17. The van der Waals surface area contributed by atoms with Gasteiger partial charge in [-0.15, -0.1) is 0 Å². The summed E-state index contributed by atoms with van der Waals surface area (Å²) in [4.78, 5) is 48.2.